The molecule has 0 bridgehead atoms. The summed E-state index contributed by atoms with van der Waals surface area (Å²) in [5, 5.41) is 11.0. The number of aromatic nitrogens is 2. The molecule has 37 heavy (non-hydrogen) atoms. The molecule has 3 fully saturated rings. The van der Waals surface area contributed by atoms with Gasteiger partial charge in [0.25, 0.3) is 11.5 Å². The van der Waals surface area contributed by atoms with Crippen LogP contribution in [0, 0.1) is 0 Å². The number of unbranched alkanes of at least 4 members (excludes halogenated alkanes) is 1. The molecule has 192 valence electrons. The molecule has 1 unspecified atom stereocenters. The van der Waals surface area contributed by atoms with E-state index in [1.165, 1.54) is 16.7 Å². The van der Waals surface area contributed by atoms with Gasteiger partial charge in [-0.2, -0.15) is 4.98 Å². The van der Waals surface area contributed by atoms with Crippen molar-refractivity contribution < 1.29 is 9.90 Å². The minimum Gasteiger partial charge on any atom is -0.493 e. The minimum absolute atomic E-state index is 0.193. The zero-order chi connectivity index (χ0) is 25.5. The van der Waals surface area contributed by atoms with Crippen LogP contribution in [-0.2, 0) is 6.42 Å². The van der Waals surface area contributed by atoms with Gasteiger partial charge in [-0.3, -0.25) is 14.2 Å². The van der Waals surface area contributed by atoms with Crippen LogP contribution in [0.4, 0.5) is 0 Å². The van der Waals surface area contributed by atoms with Gasteiger partial charge in [0.2, 0.25) is 5.88 Å². The second-order valence-electron chi connectivity index (χ2n) is 11.0. The second-order valence-corrected chi connectivity index (χ2v) is 11.0. The summed E-state index contributed by atoms with van der Waals surface area (Å²) >= 11 is 0. The van der Waals surface area contributed by atoms with Crippen molar-refractivity contribution in [2.75, 3.05) is 13.1 Å². The van der Waals surface area contributed by atoms with Crippen LogP contribution in [0.3, 0.4) is 0 Å². The number of amides is 1. The molecule has 2 aliphatic carbocycles. The lowest BCUT2D eigenvalue weighted by Crippen LogP contribution is -2.37. The van der Waals surface area contributed by atoms with Crippen molar-refractivity contribution in [3.8, 4) is 11.6 Å². The summed E-state index contributed by atoms with van der Waals surface area (Å²) in [6.45, 7) is 3.19. The smallest absolute Gasteiger partial charge is 0.274 e. The highest BCUT2D eigenvalue weighted by atomic mass is 16.3. The SMILES string of the molecule is CCCCc1nc(O)c(C(=O)N2CCC(c3ccccc3)C2)c(=O)n1-c1c(C2CC2)cccc1C1CC1. The number of likely N-dealkylation sites (tertiary alicyclic amines) is 1. The van der Waals surface area contributed by atoms with Gasteiger partial charge in [0.05, 0.1) is 5.69 Å². The number of carbonyl (C=O) groups is 1. The van der Waals surface area contributed by atoms with Crippen LogP contribution in [0.15, 0.2) is 53.3 Å². The van der Waals surface area contributed by atoms with E-state index in [0.717, 1.165) is 50.6 Å². The summed E-state index contributed by atoms with van der Waals surface area (Å²) in [6, 6.07) is 16.6. The lowest BCUT2D eigenvalue weighted by atomic mass is 9.99. The van der Waals surface area contributed by atoms with Crippen LogP contribution in [0.1, 0.15) is 102 Å². The number of benzene rings is 2. The van der Waals surface area contributed by atoms with E-state index in [1.807, 2.05) is 18.2 Å². The number of carbonyl (C=O) groups excluding carboxylic acids is 1. The maximum Gasteiger partial charge on any atom is 0.274 e. The fourth-order valence-corrected chi connectivity index (χ4v) is 5.86. The molecule has 0 spiro atoms. The Hall–Kier alpha value is -3.41. The van der Waals surface area contributed by atoms with Crippen molar-refractivity contribution in [3.05, 3.63) is 87.0 Å². The Labute approximate surface area is 218 Å². The van der Waals surface area contributed by atoms with Crippen molar-refractivity contribution >= 4 is 5.91 Å². The molecule has 1 aliphatic heterocycles. The summed E-state index contributed by atoms with van der Waals surface area (Å²) in [6.07, 6.45) is 7.69. The first-order chi connectivity index (χ1) is 18.1. The predicted octanol–water partition coefficient (Wildman–Crippen LogP) is 5.67. The minimum atomic E-state index is -0.433. The van der Waals surface area contributed by atoms with E-state index in [0.29, 0.717) is 37.2 Å². The summed E-state index contributed by atoms with van der Waals surface area (Å²) in [7, 11) is 0. The van der Waals surface area contributed by atoms with Crippen molar-refractivity contribution in [1.29, 1.82) is 0 Å². The van der Waals surface area contributed by atoms with Gasteiger partial charge in [-0.05, 0) is 67.1 Å². The van der Waals surface area contributed by atoms with Crippen LogP contribution in [0.5, 0.6) is 5.88 Å². The number of rotatable bonds is 8. The molecule has 6 nitrogen and oxygen atoms in total. The number of hydrogen-bond acceptors (Lipinski definition) is 4. The zero-order valence-corrected chi connectivity index (χ0v) is 21.5. The normalized spacial score (nSPS) is 19.4. The monoisotopic (exact) mass is 497 g/mol. The van der Waals surface area contributed by atoms with E-state index in [9.17, 15) is 14.7 Å². The molecule has 1 amide bonds. The van der Waals surface area contributed by atoms with E-state index in [-0.39, 0.29) is 11.5 Å². The van der Waals surface area contributed by atoms with Gasteiger partial charge in [-0.25, -0.2) is 0 Å². The Morgan fingerprint density at radius 3 is 2.24 bits per heavy atom. The Balaban J connectivity index is 1.44. The summed E-state index contributed by atoms with van der Waals surface area (Å²) in [5.74, 6) is 0.817. The van der Waals surface area contributed by atoms with Crippen molar-refractivity contribution in [1.82, 2.24) is 14.5 Å². The van der Waals surface area contributed by atoms with E-state index < -0.39 is 17.3 Å². The lowest BCUT2D eigenvalue weighted by Gasteiger charge is -2.22. The molecular weight excluding hydrogens is 462 g/mol. The van der Waals surface area contributed by atoms with Gasteiger partial charge in [-0.1, -0.05) is 61.9 Å². The Morgan fingerprint density at radius 2 is 1.62 bits per heavy atom. The van der Waals surface area contributed by atoms with Gasteiger partial charge in [0.1, 0.15) is 5.82 Å². The third-order valence-corrected chi connectivity index (χ3v) is 8.20. The molecule has 6 rings (SSSR count). The number of aryl methyl sites for hydroxylation is 1. The molecule has 0 radical (unpaired) electrons. The van der Waals surface area contributed by atoms with Gasteiger partial charge in [0.15, 0.2) is 5.56 Å². The Kier molecular flexibility index (Phi) is 6.35. The van der Waals surface area contributed by atoms with Crippen LogP contribution in [0.2, 0.25) is 0 Å². The summed E-state index contributed by atoms with van der Waals surface area (Å²) in [4.78, 5) is 34.2. The Bertz CT molecular complexity index is 1340. The average molecular weight is 498 g/mol. The summed E-state index contributed by atoms with van der Waals surface area (Å²) in [5.41, 5.74) is 3.86. The lowest BCUT2D eigenvalue weighted by molar-refractivity contribution is 0.0784. The second kappa shape index (κ2) is 9.81. The van der Waals surface area contributed by atoms with Crippen LogP contribution in [-0.4, -0.2) is 38.6 Å². The third-order valence-electron chi connectivity index (χ3n) is 8.20. The third kappa shape index (κ3) is 4.58. The maximum absolute atomic E-state index is 14.2. The highest BCUT2D eigenvalue weighted by molar-refractivity contribution is 5.96. The van der Waals surface area contributed by atoms with E-state index in [2.05, 4.69) is 42.2 Å². The highest BCUT2D eigenvalue weighted by Gasteiger charge is 2.36. The highest BCUT2D eigenvalue weighted by Crippen LogP contribution is 2.49. The molecule has 1 atom stereocenters. The van der Waals surface area contributed by atoms with Crippen LogP contribution < -0.4 is 5.56 Å². The summed E-state index contributed by atoms with van der Waals surface area (Å²) < 4.78 is 1.70. The molecule has 2 aromatic carbocycles. The first-order valence-corrected chi connectivity index (χ1v) is 13.9. The molecule has 1 saturated heterocycles. The van der Waals surface area contributed by atoms with Gasteiger partial charge < -0.3 is 10.0 Å². The first kappa shape index (κ1) is 24.0. The van der Waals surface area contributed by atoms with E-state index in [4.69, 9.17) is 0 Å². The van der Waals surface area contributed by atoms with Gasteiger partial charge >= 0.3 is 0 Å². The van der Waals surface area contributed by atoms with Crippen molar-refractivity contribution in [2.45, 2.75) is 76.0 Å². The average Bonchev–Trinajstić information content (AvgIpc) is 3.85. The number of hydrogen-bond donors (Lipinski definition) is 1. The molecule has 1 aromatic heterocycles. The predicted molar refractivity (Wildman–Crippen MR) is 144 cm³/mol. The number of nitrogens with zero attached hydrogens (tertiary/aromatic N) is 3. The first-order valence-electron chi connectivity index (χ1n) is 13.9. The number of aromatic hydroxyl groups is 1. The standard InChI is InChI=1S/C31H35N3O3/c1-2-3-12-26-32-29(35)27(30(36)33-18-17-23(19-33)20-8-5-4-6-9-20)31(37)34(26)28-24(21-13-14-21)10-7-11-25(28)22-15-16-22/h4-11,21-23,35H,2-3,12-19H2,1H3. The largest absolute Gasteiger partial charge is 0.493 e. The van der Waals surface area contributed by atoms with Crippen LogP contribution in [0.25, 0.3) is 5.69 Å². The molecular formula is C31H35N3O3. The van der Waals surface area contributed by atoms with E-state index in [1.54, 1.807) is 9.47 Å². The molecule has 6 heteroatoms. The van der Waals surface area contributed by atoms with E-state index >= 15 is 0 Å². The van der Waals surface area contributed by atoms with Gasteiger partial charge in [0, 0.05) is 25.4 Å². The zero-order valence-electron chi connectivity index (χ0n) is 21.5. The number of para-hydroxylation sites is 1. The van der Waals surface area contributed by atoms with Crippen molar-refractivity contribution in [2.24, 2.45) is 0 Å². The molecule has 2 heterocycles. The fraction of sp³-hybridized carbons (Fsp3) is 0.452. The fourth-order valence-electron chi connectivity index (χ4n) is 5.86. The van der Waals surface area contributed by atoms with Crippen molar-refractivity contribution in [3.63, 3.8) is 0 Å². The topological polar surface area (TPSA) is 75.4 Å². The van der Waals surface area contributed by atoms with Crippen LogP contribution >= 0.6 is 0 Å². The molecule has 1 N–H and O–H groups in total. The quantitative estimate of drug-likeness (QED) is 0.435. The maximum atomic E-state index is 14.2. The Morgan fingerprint density at radius 1 is 0.946 bits per heavy atom. The molecule has 2 saturated carbocycles. The molecule has 3 aromatic rings. The molecule has 3 aliphatic rings. The van der Waals surface area contributed by atoms with Gasteiger partial charge in [-0.15, -0.1) is 0 Å².